The SMILES string of the molecule is O=C(Cc1ccc2c(c1)OCCO2)N1CC2CCCN2C1c1ccccc1. The van der Waals surface area contributed by atoms with E-state index in [2.05, 4.69) is 34.1 Å². The number of amides is 1. The number of ether oxygens (including phenoxy) is 2. The standard InChI is InChI=1S/C22H24N2O3/c25-21(14-16-8-9-19-20(13-16)27-12-11-26-19)24-15-18-7-4-10-23(18)22(24)17-5-2-1-3-6-17/h1-3,5-6,8-9,13,18,22H,4,7,10-12,14-15H2. The topological polar surface area (TPSA) is 42.0 Å². The fourth-order valence-corrected chi connectivity index (χ4v) is 4.59. The first-order valence-electron chi connectivity index (χ1n) is 9.78. The number of carbonyl (C=O) groups excluding carboxylic acids is 1. The van der Waals surface area contributed by atoms with Gasteiger partial charge in [0.1, 0.15) is 19.4 Å². The third-order valence-corrected chi connectivity index (χ3v) is 5.82. The molecule has 0 aliphatic carbocycles. The number of nitrogens with zero attached hydrogens (tertiary/aromatic N) is 2. The van der Waals surface area contributed by atoms with Crippen LogP contribution >= 0.6 is 0 Å². The summed E-state index contributed by atoms with van der Waals surface area (Å²) in [4.78, 5) is 17.8. The summed E-state index contributed by atoms with van der Waals surface area (Å²) in [6.45, 7) is 3.03. The van der Waals surface area contributed by atoms with Gasteiger partial charge in [-0.1, -0.05) is 36.4 Å². The van der Waals surface area contributed by atoms with Crippen molar-refractivity contribution < 1.29 is 14.3 Å². The zero-order valence-electron chi connectivity index (χ0n) is 15.3. The molecular formula is C22H24N2O3. The maximum Gasteiger partial charge on any atom is 0.228 e. The molecule has 3 aliphatic heterocycles. The van der Waals surface area contributed by atoms with Gasteiger partial charge in [0, 0.05) is 19.1 Å². The van der Waals surface area contributed by atoms with Gasteiger partial charge in [-0.3, -0.25) is 9.69 Å². The molecule has 27 heavy (non-hydrogen) atoms. The highest BCUT2D eigenvalue weighted by atomic mass is 16.6. The third-order valence-electron chi connectivity index (χ3n) is 5.82. The molecule has 3 aliphatic rings. The summed E-state index contributed by atoms with van der Waals surface area (Å²) in [6.07, 6.45) is 2.85. The van der Waals surface area contributed by atoms with Crippen LogP contribution in [0.3, 0.4) is 0 Å². The van der Waals surface area contributed by atoms with Crippen molar-refractivity contribution in [2.24, 2.45) is 0 Å². The molecular weight excluding hydrogens is 340 g/mol. The Morgan fingerprint density at radius 2 is 1.85 bits per heavy atom. The minimum absolute atomic E-state index is 0.0587. The van der Waals surface area contributed by atoms with Crippen LogP contribution in [0.25, 0.3) is 0 Å². The Morgan fingerprint density at radius 1 is 1.04 bits per heavy atom. The molecule has 0 aromatic heterocycles. The van der Waals surface area contributed by atoms with Crippen LogP contribution in [0.5, 0.6) is 11.5 Å². The predicted molar refractivity (Wildman–Crippen MR) is 102 cm³/mol. The van der Waals surface area contributed by atoms with Crippen LogP contribution in [0.2, 0.25) is 0 Å². The van der Waals surface area contributed by atoms with E-state index in [1.54, 1.807) is 0 Å². The molecule has 2 aromatic carbocycles. The van der Waals surface area contributed by atoms with Gasteiger partial charge in [-0.2, -0.15) is 0 Å². The maximum atomic E-state index is 13.2. The van der Waals surface area contributed by atoms with Gasteiger partial charge in [-0.05, 0) is 36.1 Å². The van der Waals surface area contributed by atoms with E-state index in [9.17, 15) is 4.79 Å². The fourth-order valence-electron chi connectivity index (χ4n) is 4.59. The van der Waals surface area contributed by atoms with Gasteiger partial charge in [-0.25, -0.2) is 0 Å². The summed E-state index contributed by atoms with van der Waals surface area (Å²) >= 11 is 0. The van der Waals surface area contributed by atoms with Crippen LogP contribution in [-0.4, -0.2) is 48.1 Å². The Kier molecular flexibility index (Phi) is 4.24. The van der Waals surface area contributed by atoms with Crippen molar-refractivity contribution in [3.05, 3.63) is 59.7 Å². The van der Waals surface area contributed by atoms with Crippen molar-refractivity contribution in [2.75, 3.05) is 26.3 Å². The predicted octanol–water partition coefficient (Wildman–Crippen LogP) is 3.01. The first-order valence-corrected chi connectivity index (χ1v) is 9.78. The minimum atomic E-state index is 0.0587. The number of hydrogen-bond donors (Lipinski definition) is 0. The smallest absolute Gasteiger partial charge is 0.228 e. The molecule has 2 aromatic rings. The van der Waals surface area contributed by atoms with E-state index >= 15 is 0 Å². The molecule has 2 atom stereocenters. The second-order valence-electron chi connectivity index (χ2n) is 7.52. The lowest BCUT2D eigenvalue weighted by molar-refractivity contribution is -0.133. The number of fused-ring (bicyclic) bond motifs is 2. The highest BCUT2D eigenvalue weighted by Gasteiger charge is 2.44. The Labute approximate surface area is 159 Å². The molecule has 2 fully saturated rings. The van der Waals surface area contributed by atoms with E-state index < -0.39 is 0 Å². The summed E-state index contributed by atoms with van der Waals surface area (Å²) in [7, 11) is 0. The molecule has 0 saturated carbocycles. The highest BCUT2D eigenvalue weighted by molar-refractivity contribution is 5.80. The van der Waals surface area contributed by atoms with Crippen molar-refractivity contribution in [1.82, 2.24) is 9.80 Å². The minimum Gasteiger partial charge on any atom is -0.486 e. The quantitative estimate of drug-likeness (QED) is 0.840. The van der Waals surface area contributed by atoms with Gasteiger partial charge in [-0.15, -0.1) is 0 Å². The fraction of sp³-hybridized carbons (Fsp3) is 0.409. The van der Waals surface area contributed by atoms with E-state index in [1.165, 1.54) is 18.4 Å². The normalized spacial score (nSPS) is 24.1. The summed E-state index contributed by atoms with van der Waals surface area (Å²) < 4.78 is 11.2. The zero-order valence-corrected chi connectivity index (χ0v) is 15.3. The van der Waals surface area contributed by atoms with E-state index in [4.69, 9.17) is 9.47 Å². The van der Waals surface area contributed by atoms with Crippen LogP contribution in [0, 0.1) is 0 Å². The Balaban J connectivity index is 1.38. The summed E-state index contributed by atoms with van der Waals surface area (Å²) in [5.74, 6) is 1.68. The maximum absolute atomic E-state index is 13.2. The average Bonchev–Trinajstić information content (AvgIpc) is 3.30. The van der Waals surface area contributed by atoms with Gasteiger partial charge in [0.2, 0.25) is 5.91 Å². The second-order valence-corrected chi connectivity index (χ2v) is 7.52. The van der Waals surface area contributed by atoms with Gasteiger partial charge < -0.3 is 14.4 Å². The zero-order chi connectivity index (χ0) is 18.2. The van der Waals surface area contributed by atoms with E-state index in [0.717, 1.165) is 30.2 Å². The largest absolute Gasteiger partial charge is 0.486 e. The molecule has 140 valence electrons. The van der Waals surface area contributed by atoms with Crippen LogP contribution in [0.15, 0.2) is 48.5 Å². The second kappa shape index (κ2) is 6.89. The monoisotopic (exact) mass is 364 g/mol. The molecule has 5 heteroatoms. The van der Waals surface area contributed by atoms with Crippen LogP contribution in [0.1, 0.15) is 30.1 Å². The van der Waals surface area contributed by atoms with Crippen molar-refractivity contribution in [3.8, 4) is 11.5 Å². The first kappa shape index (κ1) is 16.6. The number of hydrogen-bond acceptors (Lipinski definition) is 4. The summed E-state index contributed by atoms with van der Waals surface area (Å²) in [6, 6.07) is 16.7. The van der Waals surface area contributed by atoms with Gasteiger partial charge >= 0.3 is 0 Å². The number of carbonyl (C=O) groups is 1. The average molecular weight is 364 g/mol. The van der Waals surface area contributed by atoms with Crippen molar-refractivity contribution in [3.63, 3.8) is 0 Å². The molecule has 0 N–H and O–H groups in total. The highest BCUT2D eigenvalue weighted by Crippen LogP contribution is 2.39. The van der Waals surface area contributed by atoms with E-state index in [1.807, 2.05) is 24.3 Å². The molecule has 0 bridgehead atoms. The van der Waals surface area contributed by atoms with Crippen molar-refractivity contribution in [2.45, 2.75) is 31.5 Å². The molecule has 2 unspecified atom stereocenters. The molecule has 1 amide bonds. The molecule has 2 saturated heterocycles. The van der Waals surface area contributed by atoms with Gasteiger partial charge in [0.15, 0.2) is 11.5 Å². The third kappa shape index (κ3) is 3.06. The van der Waals surface area contributed by atoms with E-state index in [0.29, 0.717) is 25.7 Å². The first-order chi connectivity index (χ1) is 13.3. The Hall–Kier alpha value is -2.53. The summed E-state index contributed by atoms with van der Waals surface area (Å²) in [5, 5.41) is 0. The van der Waals surface area contributed by atoms with Crippen molar-refractivity contribution in [1.29, 1.82) is 0 Å². The summed E-state index contributed by atoms with van der Waals surface area (Å²) in [5.41, 5.74) is 2.18. The van der Waals surface area contributed by atoms with Crippen molar-refractivity contribution >= 4 is 5.91 Å². The Bertz CT molecular complexity index is 839. The molecule has 0 radical (unpaired) electrons. The molecule has 5 rings (SSSR count). The van der Waals surface area contributed by atoms with Crippen LogP contribution < -0.4 is 9.47 Å². The molecule has 0 spiro atoms. The van der Waals surface area contributed by atoms with Gasteiger partial charge in [0.25, 0.3) is 0 Å². The molecule has 5 nitrogen and oxygen atoms in total. The van der Waals surface area contributed by atoms with E-state index in [-0.39, 0.29) is 12.1 Å². The lowest BCUT2D eigenvalue weighted by Crippen LogP contribution is -2.36. The number of benzene rings is 2. The van der Waals surface area contributed by atoms with Crippen LogP contribution in [-0.2, 0) is 11.2 Å². The van der Waals surface area contributed by atoms with Crippen LogP contribution in [0.4, 0.5) is 0 Å². The molecule has 3 heterocycles. The van der Waals surface area contributed by atoms with Gasteiger partial charge in [0.05, 0.1) is 6.42 Å². The number of rotatable bonds is 3. The lowest BCUT2D eigenvalue weighted by Gasteiger charge is -2.30. The Morgan fingerprint density at radius 3 is 2.70 bits per heavy atom. The lowest BCUT2D eigenvalue weighted by atomic mass is 10.1.